The van der Waals surface area contributed by atoms with Crippen LogP contribution in [0.4, 0.5) is 0 Å². The number of hydrogen-bond donors (Lipinski definition) is 2. The number of nitrogens with zero attached hydrogens (tertiary/aromatic N) is 4. The molecule has 2 unspecified atom stereocenters. The van der Waals surface area contributed by atoms with Gasteiger partial charge in [0.05, 0.1) is 11.2 Å². The van der Waals surface area contributed by atoms with Gasteiger partial charge in [-0.1, -0.05) is 48.5 Å². The van der Waals surface area contributed by atoms with Crippen LogP contribution in [0.1, 0.15) is 34.1 Å². The molecule has 1 aliphatic heterocycles. The van der Waals surface area contributed by atoms with E-state index in [1.807, 2.05) is 42.5 Å². The number of thiol groups is 1. The number of ether oxygens (including phenoxy) is 2. The van der Waals surface area contributed by atoms with E-state index in [0.717, 1.165) is 39.2 Å². The van der Waals surface area contributed by atoms with Gasteiger partial charge in [-0.15, -0.1) is 5.10 Å². The molecule has 0 radical (unpaired) electrons. The fourth-order valence-electron chi connectivity index (χ4n) is 4.62. The number of pyridine rings is 1. The van der Waals surface area contributed by atoms with E-state index in [4.69, 9.17) is 27.1 Å². The minimum atomic E-state index is -0.0799. The van der Waals surface area contributed by atoms with E-state index in [2.05, 4.69) is 57.0 Å². The number of rotatable bonds is 6. The Morgan fingerprint density at radius 2 is 1.89 bits per heavy atom. The predicted molar refractivity (Wildman–Crippen MR) is 136 cm³/mol. The van der Waals surface area contributed by atoms with Gasteiger partial charge in [0.2, 0.25) is 0 Å². The third-order valence-corrected chi connectivity index (χ3v) is 6.79. The summed E-state index contributed by atoms with van der Waals surface area (Å²) >= 11 is 5.01. The van der Waals surface area contributed by atoms with Crippen molar-refractivity contribution in [3.63, 3.8) is 0 Å². The Morgan fingerprint density at radius 3 is 2.80 bits per heavy atom. The second-order valence-corrected chi connectivity index (χ2v) is 9.23. The van der Waals surface area contributed by atoms with Crippen LogP contribution < -0.4 is 9.47 Å². The van der Waals surface area contributed by atoms with E-state index in [9.17, 15) is 0 Å². The Bertz CT molecular complexity index is 1470. The van der Waals surface area contributed by atoms with E-state index in [1.54, 1.807) is 0 Å². The Labute approximate surface area is 207 Å². The molecule has 0 saturated heterocycles. The zero-order chi connectivity index (χ0) is 23.6. The van der Waals surface area contributed by atoms with E-state index in [1.165, 1.54) is 5.56 Å². The lowest BCUT2D eigenvalue weighted by Crippen LogP contribution is -2.19. The summed E-state index contributed by atoms with van der Waals surface area (Å²) in [5.41, 5.74) is 5.20. The van der Waals surface area contributed by atoms with Crippen LogP contribution in [0, 0.1) is 0 Å². The van der Waals surface area contributed by atoms with Crippen LogP contribution in [0.5, 0.6) is 11.5 Å². The van der Waals surface area contributed by atoms with Crippen molar-refractivity contribution >= 4 is 23.5 Å². The summed E-state index contributed by atoms with van der Waals surface area (Å²) in [6.07, 6.45) is 0.584. The number of tetrazole rings is 1. The fourth-order valence-corrected chi connectivity index (χ4v) is 5.12. The van der Waals surface area contributed by atoms with Crippen molar-refractivity contribution in [1.29, 1.82) is 0 Å². The lowest BCUT2D eigenvalue weighted by Gasteiger charge is -2.25. The van der Waals surface area contributed by atoms with Gasteiger partial charge in [-0.05, 0) is 51.9 Å². The minimum absolute atomic E-state index is 0.0283. The van der Waals surface area contributed by atoms with E-state index < -0.39 is 0 Å². The van der Waals surface area contributed by atoms with Gasteiger partial charge in [-0.2, -0.15) is 12.6 Å². The molecular weight excluding hydrogens is 458 g/mol. The average molecular weight is 482 g/mol. The second-order valence-electron chi connectivity index (χ2n) is 8.57. The van der Waals surface area contributed by atoms with Gasteiger partial charge in [0.25, 0.3) is 0 Å². The summed E-state index contributed by atoms with van der Waals surface area (Å²) in [5, 5.41) is 15.4. The fraction of sp³-hybridized carbons (Fsp3) is 0.185. The predicted octanol–water partition coefficient (Wildman–Crippen LogP) is 4.89. The molecule has 0 bridgehead atoms. The van der Waals surface area contributed by atoms with Crippen molar-refractivity contribution in [1.82, 2.24) is 25.6 Å². The molecule has 3 heterocycles. The SMILES string of the molecule is SC(Cc1nnn[nH]1)C1c2ccccc2COc2ccc(OCc3ccc4ccccc4n3)cc21. The molecule has 1 aliphatic rings. The number of fused-ring (bicyclic) bond motifs is 3. The Hall–Kier alpha value is -3.91. The van der Waals surface area contributed by atoms with E-state index >= 15 is 0 Å². The maximum absolute atomic E-state index is 6.21. The monoisotopic (exact) mass is 481 g/mol. The Kier molecular flexibility index (Phi) is 5.79. The van der Waals surface area contributed by atoms with Crippen LogP contribution >= 0.6 is 12.6 Å². The highest BCUT2D eigenvalue weighted by molar-refractivity contribution is 7.81. The van der Waals surface area contributed by atoms with Crippen molar-refractivity contribution in [3.05, 3.63) is 107 Å². The molecule has 35 heavy (non-hydrogen) atoms. The molecule has 0 fully saturated rings. The largest absolute Gasteiger partial charge is 0.489 e. The lowest BCUT2D eigenvalue weighted by atomic mass is 9.84. The van der Waals surface area contributed by atoms with Crippen molar-refractivity contribution in [2.24, 2.45) is 0 Å². The smallest absolute Gasteiger partial charge is 0.149 e. The first-order valence-electron chi connectivity index (χ1n) is 11.5. The molecule has 6 rings (SSSR count). The van der Waals surface area contributed by atoms with E-state index in [-0.39, 0.29) is 11.2 Å². The highest BCUT2D eigenvalue weighted by atomic mass is 32.1. The molecule has 2 aromatic heterocycles. The number of hydrogen-bond acceptors (Lipinski definition) is 7. The molecule has 3 aromatic carbocycles. The quantitative estimate of drug-likeness (QED) is 0.336. The minimum Gasteiger partial charge on any atom is -0.489 e. The molecule has 2 atom stereocenters. The van der Waals surface area contributed by atoms with Crippen molar-refractivity contribution in [3.8, 4) is 11.5 Å². The number of aromatic nitrogens is 5. The first-order chi connectivity index (χ1) is 17.2. The number of benzene rings is 3. The number of H-pyrrole nitrogens is 1. The van der Waals surface area contributed by atoms with Crippen LogP contribution in [-0.2, 0) is 19.6 Å². The van der Waals surface area contributed by atoms with Gasteiger partial charge in [0, 0.05) is 28.5 Å². The van der Waals surface area contributed by atoms with Gasteiger partial charge in [-0.3, -0.25) is 0 Å². The molecule has 174 valence electrons. The topological polar surface area (TPSA) is 85.8 Å². The zero-order valence-corrected chi connectivity index (χ0v) is 19.7. The third-order valence-electron chi connectivity index (χ3n) is 6.31. The maximum Gasteiger partial charge on any atom is 0.149 e. The van der Waals surface area contributed by atoms with Gasteiger partial charge in [0.15, 0.2) is 0 Å². The van der Waals surface area contributed by atoms with Gasteiger partial charge >= 0.3 is 0 Å². The van der Waals surface area contributed by atoms with Gasteiger partial charge in [0.1, 0.15) is 30.5 Å². The van der Waals surface area contributed by atoms with Gasteiger partial charge < -0.3 is 9.47 Å². The molecule has 0 aliphatic carbocycles. The molecular formula is C27H23N5O2S. The van der Waals surface area contributed by atoms with Crippen molar-refractivity contribution in [2.75, 3.05) is 0 Å². The zero-order valence-electron chi connectivity index (χ0n) is 18.8. The summed E-state index contributed by atoms with van der Waals surface area (Å²) in [4.78, 5) is 4.72. The standard InChI is InChI=1S/C27H23N5O2S/c35-25(14-26-29-31-32-30-26)27-21-7-3-1-6-18(21)15-34-24-12-11-20(13-22(24)27)33-16-19-10-9-17-5-2-4-8-23(17)28-19/h1-13,25,27,35H,14-16H2,(H,29,30,31,32). The number of aromatic amines is 1. The molecule has 0 spiro atoms. The van der Waals surface area contributed by atoms with Crippen LogP contribution in [0.25, 0.3) is 10.9 Å². The maximum atomic E-state index is 6.21. The second kappa shape index (κ2) is 9.38. The number of nitrogens with one attached hydrogen (secondary N) is 1. The third kappa shape index (κ3) is 4.44. The Morgan fingerprint density at radius 1 is 1.00 bits per heavy atom. The highest BCUT2D eigenvalue weighted by Crippen LogP contribution is 2.43. The average Bonchev–Trinajstić information content (AvgIpc) is 3.34. The highest BCUT2D eigenvalue weighted by Gasteiger charge is 2.31. The summed E-state index contributed by atoms with van der Waals surface area (Å²) in [6.45, 7) is 0.880. The first kappa shape index (κ1) is 21.6. The molecule has 1 N–H and O–H groups in total. The van der Waals surface area contributed by atoms with Crippen LogP contribution in [0.3, 0.4) is 0 Å². The molecule has 5 aromatic rings. The van der Waals surface area contributed by atoms with E-state index in [0.29, 0.717) is 25.5 Å². The molecule has 0 amide bonds. The molecule has 8 heteroatoms. The molecule has 7 nitrogen and oxygen atoms in total. The summed E-state index contributed by atoms with van der Waals surface area (Å²) in [6, 6.07) is 26.5. The van der Waals surface area contributed by atoms with Crippen molar-refractivity contribution in [2.45, 2.75) is 30.8 Å². The first-order valence-corrected chi connectivity index (χ1v) is 12.0. The Balaban J connectivity index is 1.32. The van der Waals surface area contributed by atoms with Crippen LogP contribution in [-0.4, -0.2) is 30.9 Å². The summed E-state index contributed by atoms with van der Waals surface area (Å²) in [5.74, 6) is 2.26. The van der Waals surface area contributed by atoms with Crippen LogP contribution in [0.15, 0.2) is 78.9 Å². The molecule has 0 saturated carbocycles. The lowest BCUT2D eigenvalue weighted by molar-refractivity contribution is 0.294. The normalized spacial score (nSPS) is 15.5. The number of para-hydroxylation sites is 1. The van der Waals surface area contributed by atoms with Crippen LogP contribution in [0.2, 0.25) is 0 Å². The summed E-state index contributed by atoms with van der Waals surface area (Å²) in [7, 11) is 0. The van der Waals surface area contributed by atoms with Gasteiger partial charge in [-0.25, -0.2) is 10.1 Å². The summed E-state index contributed by atoms with van der Waals surface area (Å²) < 4.78 is 12.4. The van der Waals surface area contributed by atoms with Crippen molar-refractivity contribution < 1.29 is 9.47 Å².